The van der Waals surface area contributed by atoms with E-state index < -0.39 is 0 Å². The first kappa shape index (κ1) is 18.7. The number of thiazole rings is 1. The van der Waals surface area contributed by atoms with E-state index in [-0.39, 0.29) is 11.9 Å². The quantitative estimate of drug-likeness (QED) is 0.668. The van der Waals surface area contributed by atoms with Gasteiger partial charge in [0.1, 0.15) is 0 Å². The van der Waals surface area contributed by atoms with E-state index in [1.165, 1.54) is 5.56 Å². The lowest BCUT2D eigenvalue weighted by Crippen LogP contribution is -2.48. The minimum atomic E-state index is 0.137. The van der Waals surface area contributed by atoms with Gasteiger partial charge in [0.15, 0.2) is 5.13 Å². The van der Waals surface area contributed by atoms with Crippen molar-refractivity contribution in [2.24, 2.45) is 0 Å². The van der Waals surface area contributed by atoms with E-state index >= 15 is 0 Å². The van der Waals surface area contributed by atoms with Crippen LogP contribution in [0.15, 0.2) is 48.0 Å². The van der Waals surface area contributed by atoms with Crippen molar-refractivity contribution in [3.63, 3.8) is 0 Å². The fourth-order valence-corrected chi connectivity index (χ4v) is 4.81. The molecular weight excluding hydrogens is 368 g/mol. The summed E-state index contributed by atoms with van der Waals surface area (Å²) in [6.45, 7) is 9.47. The van der Waals surface area contributed by atoms with Crippen LogP contribution in [0.4, 0.5) is 5.13 Å². The van der Waals surface area contributed by atoms with Crippen LogP contribution in [-0.2, 0) is 0 Å². The van der Waals surface area contributed by atoms with Crippen molar-refractivity contribution in [2.45, 2.75) is 26.8 Å². The smallest absolute Gasteiger partial charge is 0.255 e. The molecular formula is C22H26N4OS. The van der Waals surface area contributed by atoms with Crippen LogP contribution >= 0.6 is 11.3 Å². The van der Waals surface area contributed by atoms with Gasteiger partial charge >= 0.3 is 0 Å². The van der Waals surface area contributed by atoms with E-state index in [9.17, 15) is 4.79 Å². The maximum Gasteiger partial charge on any atom is 0.255 e. The zero-order chi connectivity index (χ0) is 19.7. The second-order valence-electron chi connectivity index (χ2n) is 7.34. The number of carbonyl (C=O) groups excluding carboxylic acids is 1. The first-order chi connectivity index (χ1) is 13.6. The standard InChI is InChI=1S/C22H26N4OS/c1-16-15-20(18(3)26(16)17(2)19-7-5-4-6-8-19)21(27)24-10-12-25(13-11-24)22-23-9-14-28-22/h4-9,14-15,17H,10-13H2,1-3H3. The molecule has 0 N–H and O–H groups in total. The molecule has 0 radical (unpaired) electrons. The molecule has 1 atom stereocenters. The third-order valence-corrected chi connectivity index (χ3v) is 6.47. The van der Waals surface area contributed by atoms with Crippen LogP contribution in [0.5, 0.6) is 0 Å². The molecule has 28 heavy (non-hydrogen) atoms. The Morgan fingerprint density at radius 1 is 1.11 bits per heavy atom. The van der Waals surface area contributed by atoms with E-state index in [4.69, 9.17) is 0 Å². The molecule has 1 amide bonds. The molecule has 1 saturated heterocycles. The molecule has 0 spiro atoms. The number of hydrogen-bond acceptors (Lipinski definition) is 4. The van der Waals surface area contributed by atoms with E-state index in [1.54, 1.807) is 11.3 Å². The lowest BCUT2D eigenvalue weighted by atomic mass is 10.1. The Labute approximate surface area is 170 Å². The molecule has 3 aromatic rings. The highest BCUT2D eigenvalue weighted by atomic mass is 32.1. The number of piperazine rings is 1. The van der Waals surface area contributed by atoms with Gasteiger partial charge in [-0.3, -0.25) is 4.79 Å². The molecule has 1 aliphatic rings. The van der Waals surface area contributed by atoms with Crippen molar-refractivity contribution in [1.82, 2.24) is 14.5 Å². The summed E-state index contributed by atoms with van der Waals surface area (Å²) in [4.78, 5) is 21.8. The first-order valence-electron chi connectivity index (χ1n) is 9.73. The van der Waals surface area contributed by atoms with Gasteiger partial charge in [-0.25, -0.2) is 4.98 Å². The molecule has 0 bridgehead atoms. The highest BCUT2D eigenvalue weighted by molar-refractivity contribution is 7.13. The lowest BCUT2D eigenvalue weighted by Gasteiger charge is -2.34. The van der Waals surface area contributed by atoms with Crippen molar-refractivity contribution in [3.8, 4) is 0 Å². The normalized spacial score (nSPS) is 15.7. The maximum absolute atomic E-state index is 13.2. The molecule has 5 nitrogen and oxygen atoms in total. The van der Waals surface area contributed by atoms with Crippen molar-refractivity contribution < 1.29 is 4.79 Å². The Morgan fingerprint density at radius 2 is 1.82 bits per heavy atom. The van der Waals surface area contributed by atoms with Crippen LogP contribution in [-0.4, -0.2) is 46.5 Å². The Morgan fingerprint density at radius 3 is 2.46 bits per heavy atom. The van der Waals surface area contributed by atoms with Gasteiger partial charge in [0.2, 0.25) is 0 Å². The number of rotatable bonds is 4. The Hall–Kier alpha value is -2.60. The molecule has 2 aromatic heterocycles. The monoisotopic (exact) mass is 394 g/mol. The van der Waals surface area contributed by atoms with E-state index in [0.29, 0.717) is 0 Å². The van der Waals surface area contributed by atoms with Crippen molar-refractivity contribution >= 4 is 22.4 Å². The SMILES string of the molecule is Cc1cc(C(=O)N2CCN(c3nccs3)CC2)c(C)n1C(C)c1ccccc1. The number of carbonyl (C=O) groups is 1. The van der Waals surface area contributed by atoms with Crippen LogP contribution in [0.25, 0.3) is 0 Å². The first-order valence-corrected chi connectivity index (χ1v) is 10.6. The summed E-state index contributed by atoms with van der Waals surface area (Å²) in [5, 5.41) is 3.04. The Bertz CT molecular complexity index is 941. The van der Waals surface area contributed by atoms with Gasteiger partial charge in [-0.15, -0.1) is 11.3 Å². The minimum absolute atomic E-state index is 0.137. The number of aryl methyl sites for hydroxylation is 1. The predicted molar refractivity (Wildman–Crippen MR) is 114 cm³/mol. The van der Waals surface area contributed by atoms with E-state index in [0.717, 1.165) is 48.3 Å². The molecule has 1 unspecified atom stereocenters. The van der Waals surface area contributed by atoms with Gasteiger partial charge < -0.3 is 14.4 Å². The third-order valence-electron chi connectivity index (χ3n) is 5.64. The maximum atomic E-state index is 13.2. The van der Waals surface area contributed by atoms with Gasteiger partial charge in [-0.1, -0.05) is 30.3 Å². The largest absolute Gasteiger partial charge is 0.345 e. The molecule has 3 heterocycles. The minimum Gasteiger partial charge on any atom is -0.345 e. The Kier molecular flexibility index (Phi) is 5.22. The molecule has 0 saturated carbocycles. The van der Waals surface area contributed by atoms with Crippen LogP contribution in [0, 0.1) is 13.8 Å². The van der Waals surface area contributed by atoms with Crippen molar-refractivity contribution in [1.29, 1.82) is 0 Å². The molecule has 6 heteroatoms. The summed E-state index contributed by atoms with van der Waals surface area (Å²) in [5.74, 6) is 0.137. The van der Waals surface area contributed by atoms with Crippen molar-refractivity contribution in [2.75, 3.05) is 31.1 Å². The molecule has 1 fully saturated rings. The highest BCUT2D eigenvalue weighted by Crippen LogP contribution is 2.27. The van der Waals surface area contributed by atoms with Crippen molar-refractivity contribution in [3.05, 3.63) is 70.5 Å². The average molecular weight is 395 g/mol. The zero-order valence-corrected chi connectivity index (χ0v) is 17.4. The number of hydrogen-bond donors (Lipinski definition) is 0. The summed E-state index contributed by atoms with van der Waals surface area (Å²) in [5.41, 5.74) is 4.24. The second-order valence-corrected chi connectivity index (χ2v) is 8.21. The van der Waals surface area contributed by atoms with Crippen LogP contribution in [0.3, 0.4) is 0 Å². The van der Waals surface area contributed by atoms with Crippen LogP contribution in [0.1, 0.15) is 40.3 Å². The summed E-state index contributed by atoms with van der Waals surface area (Å²) >= 11 is 1.65. The second kappa shape index (κ2) is 7.80. The number of anilines is 1. The predicted octanol–water partition coefficient (Wildman–Crippen LogP) is 4.13. The summed E-state index contributed by atoms with van der Waals surface area (Å²) in [6.07, 6.45) is 1.83. The number of benzene rings is 1. The van der Waals surface area contributed by atoms with Gasteiger partial charge in [0.25, 0.3) is 5.91 Å². The molecule has 1 aromatic carbocycles. The van der Waals surface area contributed by atoms with E-state index in [2.05, 4.69) is 59.5 Å². The summed E-state index contributed by atoms with van der Waals surface area (Å²) < 4.78 is 2.27. The number of nitrogens with zero attached hydrogens (tertiary/aromatic N) is 4. The van der Waals surface area contributed by atoms with Gasteiger partial charge in [0, 0.05) is 49.1 Å². The van der Waals surface area contributed by atoms with Gasteiger partial charge in [-0.2, -0.15) is 0 Å². The summed E-state index contributed by atoms with van der Waals surface area (Å²) in [7, 11) is 0. The number of amides is 1. The lowest BCUT2D eigenvalue weighted by molar-refractivity contribution is 0.0746. The van der Waals surface area contributed by atoms with E-state index in [1.807, 2.05) is 28.6 Å². The highest BCUT2D eigenvalue weighted by Gasteiger charge is 2.27. The third kappa shape index (κ3) is 3.44. The van der Waals surface area contributed by atoms with Crippen LogP contribution < -0.4 is 4.90 Å². The number of aromatic nitrogens is 2. The van der Waals surface area contributed by atoms with Gasteiger partial charge in [-0.05, 0) is 32.4 Å². The molecule has 4 rings (SSSR count). The fraction of sp³-hybridized carbons (Fsp3) is 0.364. The Balaban J connectivity index is 1.51. The molecule has 0 aliphatic carbocycles. The molecule has 1 aliphatic heterocycles. The average Bonchev–Trinajstić information content (AvgIpc) is 3.36. The zero-order valence-electron chi connectivity index (χ0n) is 16.6. The topological polar surface area (TPSA) is 41.4 Å². The summed E-state index contributed by atoms with van der Waals surface area (Å²) in [6, 6.07) is 12.7. The van der Waals surface area contributed by atoms with Gasteiger partial charge in [0.05, 0.1) is 11.6 Å². The fourth-order valence-electron chi connectivity index (χ4n) is 4.11. The van der Waals surface area contributed by atoms with Crippen LogP contribution in [0.2, 0.25) is 0 Å². The molecule has 146 valence electrons.